The summed E-state index contributed by atoms with van der Waals surface area (Å²) in [7, 11) is 0. The highest BCUT2D eigenvalue weighted by Crippen LogP contribution is 2.49. The fourth-order valence-electron chi connectivity index (χ4n) is 2.71. The zero-order chi connectivity index (χ0) is 10.5. The van der Waals surface area contributed by atoms with Gasteiger partial charge in [0.2, 0.25) is 0 Å². The first-order valence-electron chi connectivity index (χ1n) is 5.49. The minimum Gasteiger partial charge on any atom is -0.399 e. The monoisotopic (exact) mass is 206 g/mol. The Labute approximate surface area is 88.9 Å². The van der Waals surface area contributed by atoms with Gasteiger partial charge >= 0.3 is 0 Å². The van der Waals surface area contributed by atoms with Gasteiger partial charge in [0.25, 0.3) is 0 Å². The van der Waals surface area contributed by atoms with Crippen molar-refractivity contribution in [3.8, 4) is 0 Å². The zero-order valence-electron chi connectivity index (χ0n) is 8.67. The second-order valence-corrected chi connectivity index (χ2v) is 4.92. The Morgan fingerprint density at radius 2 is 2.00 bits per heavy atom. The van der Waals surface area contributed by atoms with Gasteiger partial charge in [-0.2, -0.15) is 0 Å². The van der Waals surface area contributed by atoms with E-state index in [1.54, 1.807) is 12.1 Å². The highest BCUT2D eigenvalue weighted by molar-refractivity contribution is 5.56. The largest absolute Gasteiger partial charge is 0.399 e. The molecule has 15 heavy (non-hydrogen) atoms. The maximum absolute atomic E-state index is 13.6. The van der Waals surface area contributed by atoms with Gasteiger partial charge in [0.15, 0.2) is 0 Å². The van der Waals surface area contributed by atoms with Crippen molar-refractivity contribution in [1.82, 2.24) is 0 Å². The first kappa shape index (κ1) is 9.01. The summed E-state index contributed by atoms with van der Waals surface area (Å²) >= 11 is 0. The SMILES string of the molecule is Nc1ccc(N2CC3(CCC3)C2)c(F)c1. The number of nitrogens with two attached hydrogens (primary N) is 1. The van der Waals surface area contributed by atoms with Gasteiger partial charge in [-0.1, -0.05) is 6.42 Å². The van der Waals surface area contributed by atoms with E-state index < -0.39 is 0 Å². The first-order valence-corrected chi connectivity index (χ1v) is 5.49. The van der Waals surface area contributed by atoms with Crippen molar-refractivity contribution >= 4 is 11.4 Å². The number of hydrogen-bond acceptors (Lipinski definition) is 2. The summed E-state index contributed by atoms with van der Waals surface area (Å²) in [4.78, 5) is 2.12. The molecule has 1 aromatic carbocycles. The molecule has 2 N–H and O–H groups in total. The van der Waals surface area contributed by atoms with Crippen LogP contribution in [0, 0.1) is 11.2 Å². The zero-order valence-corrected chi connectivity index (χ0v) is 8.67. The van der Waals surface area contributed by atoms with Crippen LogP contribution < -0.4 is 10.6 Å². The molecular weight excluding hydrogens is 191 g/mol. The Morgan fingerprint density at radius 3 is 2.53 bits per heavy atom. The fourth-order valence-corrected chi connectivity index (χ4v) is 2.71. The Morgan fingerprint density at radius 1 is 1.27 bits per heavy atom. The quantitative estimate of drug-likeness (QED) is 0.715. The molecule has 2 fully saturated rings. The maximum atomic E-state index is 13.6. The van der Waals surface area contributed by atoms with Crippen LogP contribution in [0.1, 0.15) is 19.3 Å². The number of anilines is 2. The molecule has 3 rings (SSSR count). The first-order chi connectivity index (χ1) is 7.19. The van der Waals surface area contributed by atoms with E-state index in [1.165, 1.54) is 25.3 Å². The van der Waals surface area contributed by atoms with Crippen LogP contribution >= 0.6 is 0 Å². The molecule has 80 valence electrons. The van der Waals surface area contributed by atoms with Crippen LogP contribution in [-0.4, -0.2) is 13.1 Å². The van der Waals surface area contributed by atoms with E-state index in [4.69, 9.17) is 5.73 Å². The normalized spacial score (nSPS) is 22.3. The van der Waals surface area contributed by atoms with Crippen molar-refractivity contribution in [3.05, 3.63) is 24.0 Å². The summed E-state index contributed by atoms with van der Waals surface area (Å²) < 4.78 is 13.6. The van der Waals surface area contributed by atoms with Crippen LogP contribution in [0.15, 0.2) is 18.2 Å². The molecule has 1 saturated heterocycles. The van der Waals surface area contributed by atoms with E-state index in [1.807, 2.05) is 0 Å². The van der Waals surface area contributed by atoms with Crippen LogP contribution in [-0.2, 0) is 0 Å². The molecule has 1 heterocycles. The molecule has 1 aliphatic heterocycles. The van der Waals surface area contributed by atoms with Crippen LogP contribution in [0.2, 0.25) is 0 Å². The molecule has 3 heteroatoms. The number of benzene rings is 1. The molecule has 1 aromatic rings. The molecule has 0 radical (unpaired) electrons. The molecule has 0 amide bonds. The molecule has 0 unspecified atom stereocenters. The predicted molar refractivity (Wildman–Crippen MR) is 59.3 cm³/mol. The van der Waals surface area contributed by atoms with Gasteiger partial charge in [0.05, 0.1) is 5.69 Å². The standard InChI is InChI=1S/C12H15FN2/c13-10-6-9(14)2-3-11(10)15-7-12(8-15)4-1-5-12/h2-3,6H,1,4-5,7-8,14H2. The van der Waals surface area contributed by atoms with Crippen LogP contribution in [0.3, 0.4) is 0 Å². The Hall–Kier alpha value is -1.25. The van der Waals surface area contributed by atoms with Gasteiger partial charge in [-0.3, -0.25) is 0 Å². The minimum atomic E-state index is -0.191. The van der Waals surface area contributed by atoms with E-state index >= 15 is 0 Å². The third-order valence-electron chi connectivity index (χ3n) is 3.78. The van der Waals surface area contributed by atoms with Crippen molar-refractivity contribution in [2.75, 3.05) is 23.7 Å². The summed E-state index contributed by atoms with van der Waals surface area (Å²) in [5, 5.41) is 0. The smallest absolute Gasteiger partial charge is 0.148 e. The second-order valence-electron chi connectivity index (χ2n) is 4.92. The Kier molecular flexibility index (Phi) is 1.73. The minimum absolute atomic E-state index is 0.191. The predicted octanol–water partition coefficient (Wildman–Crippen LogP) is 2.40. The molecule has 2 nitrogen and oxygen atoms in total. The Balaban J connectivity index is 1.77. The summed E-state index contributed by atoms with van der Waals surface area (Å²) in [5.74, 6) is -0.191. The van der Waals surface area contributed by atoms with Gasteiger partial charge in [-0.25, -0.2) is 4.39 Å². The Bertz CT molecular complexity index is 391. The maximum Gasteiger partial charge on any atom is 0.148 e. The molecule has 0 atom stereocenters. The lowest BCUT2D eigenvalue weighted by atomic mass is 9.63. The highest BCUT2D eigenvalue weighted by Gasteiger charge is 2.47. The van der Waals surface area contributed by atoms with E-state index in [0.29, 0.717) is 16.8 Å². The number of halogens is 1. The molecular formula is C12H15FN2. The summed E-state index contributed by atoms with van der Waals surface area (Å²) in [6.45, 7) is 2.04. The molecule has 0 bridgehead atoms. The average Bonchev–Trinajstić information content (AvgIpc) is 2.03. The lowest BCUT2D eigenvalue weighted by Crippen LogP contribution is -2.60. The number of nitrogen functional groups attached to an aromatic ring is 1. The van der Waals surface area contributed by atoms with Crippen LogP contribution in [0.25, 0.3) is 0 Å². The highest BCUT2D eigenvalue weighted by atomic mass is 19.1. The molecule has 1 aliphatic carbocycles. The van der Waals surface area contributed by atoms with E-state index in [2.05, 4.69) is 4.90 Å². The number of rotatable bonds is 1. The van der Waals surface area contributed by atoms with Crippen molar-refractivity contribution in [3.63, 3.8) is 0 Å². The number of hydrogen-bond donors (Lipinski definition) is 1. The van der Waals surface area contributed by atoms with Crippen molar-refractivity contribution in [2.24, 2.45) is 5.41 Å². The molecule has 1 spiro atoms. The van der Waals surface area contributed by atoms with Crippen molar-refractivity contribution in [2.45, 2.75) is 19.3 Å². The van der Waals surface area contributed by atoms with Crippen molar-refractivity contribution < 1.29 is 4.39 Å². The van der Waals surface area contributed by atoms with Gasteiger partial charge in [-0.15, -0.1) is 0 Å². The van der Waals surface area contributed by atoms with Gasteiger partial charge < -0.3 is 10.6 Å². The molecule has 1 saturated carbocycles. The summed E-state index contributed by atoms with van der Waals surface area (Å²) in [6, 6.07) is 4.96. The van der Waals surface area contributed by atoms with Gasteiger partial charge in [0, 0.05) is 24.2 Å². The van der Waals surface area contributed by atoms with Gasteiger partial charge in [-0.05, 0) is 31.0 Å². The second kappa shape index (κ2) is 2.87. The van der Waals surface area contributed by atoms with E-state index in [9.17, 15) is 4.39 Å². The van der Waals surface area contributed by atoms with Crippen molar-refractivity contribution in [1.29, 1.82) is 0 Å². The topological polar surface area (TPSA) is 29.3 Å². The fraction of sp³-hybridized carbons (Fsp3) is 0.500. The average molecular weight is 206 g/mol. The van der Waals surface area contributed by atoms with E-state index in [-0.39, 0.29) is 5.82 Å². The van der Waals surface area contributed by atoms with Crippen LogP contribution in [0.5, 0.6) is 0 Å². The summed E-state index contributed by atoms with van der Waals surface area (Å²) in [6.07, 6.45) is 3.98. The third kappa shape index (κ3) is 1.29. The molecule has 2 aliphatic rings. The van der Waals surface area contributed by atoms with Gasteiger partial charge in [0.1, 0.15) is 5.82 Å². The summed E-state index contributed by atoms with van der Waals surface area (Å²) in [5.41, 5.74) is 7.26. The molecule has 0 aromatic heterocycles. The lowest BCUT2D eigenvalue weighted by Gasteiger charge is -2.57. The lowest BCUT2D eigenvalue weighted by molar-refractivity contribution is 0.0897. The van der Waals surface area contributed by atoms with E-state index in [0.717, 1.165) is 13.1 Å². The third-order valence-corrected chi connectivity index (χ3v) is 3.78. The van der Waals surface area contributed by atoms with Crippen LogP contribution in [0.4, 0.5) is 15.8 Å². The number of nitrogens with zero attached hydrogens (tertiary/aromatic N) is 1.